The van der Waals surface area contributed by atoms with Crippen molar-refractivity contribution in [3.63, 3.8) is 0 Å². The predicted octanol–water partition coefficient (Wildman–Crippen LogP) is 3.07. The van der Waals surface area contributed by atoms with Gasteiger partial charge >= 0.3 is 0 Å². The molecule has 6 atom stereocenters. The minimum Gasteiger partial charge on any atom is -0.380 e. The highest BCUT2D eigenvalue weighted by Gasteiger charge is 2.56. The maximum absolute atomic E-state index is 12.8. The summed E-state index contributed by atoms with van der Waals surface area (Å²) in [5.41, 5.74) is 0.800. The molecule has 2 N–H and O–H groups in total. The number of carbonyl (C=O) groups excluding carboxylic acids is 1. The number of amides is 1. The molecule has 3 fully saturated rings. The van der Waals surface area contributed by atoms with Crippen LogP contribution in [0.25, 0.3) is 0 Å². The van der Waals surface area contributed by atoms with Crippen molar-refractivity contribution in [3.8, 4) is 0 Å². The molecule has 31 heavy (non-hydrogen) atoms. The highest BCUT2D eigenvalue weighted by molar-refractivity contribution is 9.10. The summed E-state index contributed by atoms with van der Waals surface area (Å²) in [5.74, 6) is 1.81. The summed E-state index contributed by atoms with van der Waals surface area (Å²) in [5, 5.41) is 18.4. The second-order valence-electron chi connectivity index (χ2n) is 9.86. The van der Waals surface area contributed by atoms with Gasteiger partial charge in [-0.3, -0.25) is 9.59 Å². The fourth-order valence-corrected chi connectivity index (χ4v) is 5.92. The molecule has 2 heterocycles. The van der Waals surface area contributed by atoms with Crippen LogP contribution in [-0.2, 0) is 11.3 Å². The van der Waals surface area contributed by atoms with Gasteiger partial charge in [-0.1, -0.05) is 20.8 Å². The summed E-state index contributed by atoms with van der Waals surface area (Å²) in [6.07, 6.45) is 8.26. The van der Waals surface area contributed by atoms with E-state index < -0.39 is 0 Å². The number of hydrogen-bond acceptors (Lipinski definition) is 6. The largest absolute Gasteiger partial charge is 0.380 e. The van der Waals surface area contributed by atoms with Crippen molar-refractivity contribution in [3.05, 3.63) is 21.0 Å². The van der Waals surface area contributed by atoms with Gasteiger partial charge in [-0.2, -0.15) is 15.3 Å². The molecule has 1 amide bonds. The van der Waals surface area contributed by atoms with Gasteiger partial charge in [-0.05, 0) is 65.3 Å². The number of hydrogen-bond donors (Lipinski definition) is 2. The fraction of sp³-hybridized carbons (Fsp3) is 0.682. The van der Waals surface area contributed by atoms with Crippen molar-refractivity contribution in [2.75, 3.05) is 5.32 Å². The standard InChI is InChI=1S/C22H31BrN6O2/c1-12-16-7-15(22(16,3)4)8-17(12)28-18-10-26-29(21(31)20(18)23)11-19(30)27-13(2)14-5-6-24-25-9-14/h6,9-10,12-17,28H,5,7-8,11H2,1-4H3,(H,27,30)/t12-,13?,14?,15+,16-,17-/m1/s1. The van der Waals surface area contributed by atoms with E-state index in [1.165, 1.54) is 11.1 Å². The third kappa shape index (κ3) is 4.21. The molecule has 8 nitrogen and oxygen atoms in total. The van der Waals surface area contributed by atoms with Crippen molar-refractivity contribution < 1.29 is 4.79 Å². The molecule has 1 aliphatic heterocycles. The van der Waals surface area contributed by atoms with Crippen LogP contribution in [-0.4, -0.2) is 40.2 Å². The first-order valence-electron chi connectivity index (χ1n) is 11.0. The minimum absolute atomic E-state index is 0.0955. The van der Waals surface area contributed by atoms with Crippen LogP contribution in [0.5, 0.6) is 0 Å². The SMILES string of the molecule is CC(NC(=O)Cn1ncc(N[C@@H]2C[C@@H]3C[C@H]([C@H]2C)C3(C)C)c(Br)c1=O)C1C=NN=CC1. The van der Waals surface area contributed by atoms with Crippen molar-refractivity contribution >= 4 is 40.0 Å². The van der Waals surface area contributed by atoms with Crippen LogP contribution in [0.2, 0.25) is 0 Å². The van der Waals surface area contributed by atoms with Crippen molar-refractivity contribution in [2.45, 2.75) is 65.6 Å². The van der Waals surface area contributed by atoms with Crippen LogP contribution in [0.3, 0.4) is 0 Å². The van der Waals surface area contributed by atoms with Crippen LogP contribution in [0.1, 0.15) is 47.0 Å². The Balaban J connectivity index is 1.38. The molecule has 168 valence electrons. The number of fused-ring (bicyclic) bond motifs is 2. The average Bonchev–Trinajstić information content (AvgIpc) is 2.74. The molecule has 0 spiro atoms. The number of nitrogens with zero attached hydrogens (tertiary/aromatic N) is 4. The highest BCUT2D eigenvalue weighted by atomic mass is 79.9. The Morgan fingerprint density at radius 1 is 1.35 bits per heavy atom. The quantitative estimate of drug-likeness (QED) is 0.639. The van der Waals surface area contributed by atoms with Crippen LogP contribution in [0.4, 0.5) is 5.69 Å². The van der Waals surface area contributed by atoms with E-state index in [1.54, 1.807) is 18.6 Å². The molecule has 4 aliphatic rings. The Labute approximate surface area is 191 Å². The third-order valence-electron chi connectivity index (χ3n) is 7.79. The fourth-order valence-electron chi connectivity index (χ4n) is 5.50. The van der Waals surface area contributed by atoms with E-state index in [1.807, 2.05) is 6.92 Å². The summed E-state index contributed by atoms with van der Waals surface area (Å²) in [6.45, 7) is 8.84. The normalized spacial score (nSPS) is 31.6. The Morgan fingerprint density at radius 2 is 2.13 bits per heavy atom. The number of rotatable bonds is 6. The Hall–Kier alpha value is -2.03. The Kier molecular flexibility index (Phi) is 6.07. The zero-order chi connectivity index (χ0) is 22.3. The third-order valence-corrected chi connectivity index (χ3v) is 8.55. The second-order valence-corrected chi connectivity index (χ2v) is 10.7. The number of halogens is 1. The van der Waals surface area contributed by atoms with Crippen LogP contribution in [0, 0.1) is 29.1 Å². The van der Waals surface area contributed by atoms with Gasteiger partial charge in [0.2, 0.25) is 5.91 Å². The molecule has 0 saturated heterocycles. The zero-order valence-electron chi connectivity index (χ0n) is 18.5. The first kappa shape index (κ1) is 22.2. The van der Waals surface area contributed by atoms with Gasteiger partial charge in [0.15, 0.2) is 0 Å². The van der Waals surface area contributed by atoms with Gasteiger partial charge in [0.1, 0.15) is 11.0 Å². The van der Waals surface area contributed by atoms with Gasteiger partial charge in [-0.25, -0.2) is 4.68 Å². The van der Waals surface area contributed by atoms with E-state index in [2.05, 4.69) is 62.6 Å². The van der Waals surface area contributed by atoms with Gasteiger partial charge in [0.25, 0.3) is 5.56 Å². The summed E-state index contributed by atoms with van der Waals surface area (Å²) in [4.78, 5) is 25.3. The highest BCUT2D eigenvalue weighted by Crippen LogP contribution is 2.61. The lowest BCUT2D eigenvalue weighted by molar-refractivity contribution is -0.122. The first-order valence-corrected chi connectivity index (χ1v) is 11.8. The van der Waals surface area contributed by atoms with Crippen molar-refractivity contribution in [1.82, 2.24) is 15.1 Å². The number of nitrogens with one attached hydrogen (secondary N) is 2. The maximum Gasteiger partial charge on any atom is 0.283 e. The number of anilines is 1. The summed E-state index contributed by atoms with van der Waals surface area (Å²) in [6, 6.07) is 0.224. The molecule has 1 aromatic heterocycles. The molecule has 0 aromatic carbocycles. The van der Waals surface area contributed by atoms with Gasteiger partial charge in [-0.15, -0.1) is 0 Å². The summed E-state index contributed by atoms with van der Waals surface area (Å²) >= 11 is 3.43. The summed E-state index contributed by atoms with van der Waals surface area (Å²) < 4.78 is 1.61. The van der Waals surface area contributed by atoms with E-state index in [0.29, 0.717) is 33.5 Å². The van der Waals surface area contributed by atoms with E-state index in [-0.39, 0.29) is 30.0 Å². The van der Waals surface area contributed by atoms with E-state index in [4.69, 9.17) is 0 Å². The molecule has 5 rings (SSSR count). The molecule has 2 unspecified atom stereocenters. The molecule has 3 saturated carbocycles. The van der Waals surface area contributed by atoms with Gasteiger partial charge in [0, 0.05) is 30.4 Å². The van der Waals surface area contributed by atoms with Gasteiger partial charge in [0.05, 0.1) is 11.9 Å². The minimum atomic E-state index is -0.312. The zero-order valence-corrected chi connectivity index (χ0v) is 20.1. The first-order chi connectivity index (χ1) is 14.7. The maximum atomic E-state index is 12.8. The second kappa shape index (κ2) is 8.48. The lowest BCUT2D eigenvalue weighted by Gasteiger charge is -2.62. The van der Waals surface area contributed by atoms with Crippen LogP contribution >= 0.6 is 15.9 Å². The average molecular weight is 491 g/mol. The van der Waals surface area contributed by atoms with E-state index in [9.17, 15) is 9.59 Å². The monoisotopic (exact) mass is 490 g/mol. The molecule has 1 aromatic rings. The van der Waals surface area contributed by atoms with Gasteiger partial charge < -0.3 is 10.6 Å². The number of aromatic nitrogens is 2. The Morgan fingerprint density at radius 3 is 2.77 bits per heavy atom. The van der Waals surface area contributed by atoms with E-state index in [0.717, 1.165) is 18.8 Å². The topological polar surface area (TPSA) is 101 Å². The lowest BCUT2D eigenvalue weighted by atomic mass is 9.45. The van der Waals surface area contributed by atoms with E-state index >= 15 is 0 Å². The molecular weight excluding hydrogens is 460 g/mol. The lowest BCUT2D eigenvalue weighted by Crippen LogP contribution is -2.58. The summed E-state index contributed by atoms with van der Waals surface area (Å²) in [7, 11) is 0. The van der Waals surface area contributed by atoms with Crippen molar-refractivity contribution in [2.24, 2.45) is 39.3 Å². The van der Waals surface area contributed by atoms with Crippen LogP contribution < -0.4 is 16.2 Å². The smallest absolute Gasteiger partial charge is 0.283 e. The number of carbonyl (C=O) groups is 1. The van der Waals surface area contributed by atoms with Crippen molar-refractivity contribution in [1.29, 1.82) is 0 Å². The predicted molar refractivity (Wildman–Crippen MR) is 125 cm³/mol. The molecule has 2 bridgehead atoms. The van der Waals surface area contributed by atoms with Crippen LogP contribution in [0.15, 0.2) is 25.7 Å². The Bertz CT molecular complexity index is 971. The molecular formula is C22H31BrN6O2. The molecule has 0 radical (unpaired) electrons. The molecule has 3 aliphatic carbocycles. The molecule has 9 heteroatoms.